The molecule has 1 rings (SSSR count). The molecule has 0 spiro atoms. The molecule has 0 aliphatic rings. The van der Waals surface area contributed by atoms with Crippen molar-refractivity contribution in [2.24, 2.45) is 0 Å². The summed E-state index contributed by atoms with van der Waals surface area (Å²) >= 11 is 11.1. The van der Waals surface area contributed by atoms with Gasteiger partial charge < -0.3 is 0 Å². The van der Waals surface area contributed by atoms with Crippen molar-refractivity contribution >= 4 is 29.1 Å². The fourth-order valence-corrected chi connectivity index (χ4v) is 1.24. The molecule has 1 N–H and O–H groups in total. The monoisotopic (exact) mass is 288 g/mol. The third kappa shape index (κ3) is 4.03. The highest BCUT2D eigenvalue weighted by molar-refractivity contribution is 6.36. The van der Waals surface area contributed by atoms with Gasteiger partial charge in [-0.2, -0.15) is 0 Å². The molecular weight excluding hydrogens is 284 g/mol. The molecule has 0 bridgehead atoms. The third-order valence-electron chi connectivity index (χ3n) is 1.53. The molecule has 0 fully saturated rings. The van der Waals surface area contributed by atoms with E-state index in [9.17, 15) is 18.0 Å². The van der Waals surface area contributed by atoms with Crippen LogP contribution in [0, 0.1) is 0 Å². The van der Waals surface area contributed by atoms with Crippen molar-refractivity contribution < 1.29 is 22.8 Å². The van der Waals surface area contributed by atoms with Gasteiger partial charge in [0.1, 0.15) is 5.15 Å². The Balaban J connectivity index is 2.64. The quantitative estimate of drug-likeness (QED) is 0.684. The summed E-state index contributed by atoms with van der Waals surface area (Å²) in [6.07, 6.45) is -5.29. The normalized spacial score (nSPS) is 12.6. The predicted molar refractivity (Wildman–Crippen MR) is 53.7 cm³/mol. The summed E-state index contributed by atoms with van der Waals surface area (Å²) in [6.45, 7) is 0. The fourth-order valence-electron chi connectivity index (χ4n) is 0.791. The molecule has 0 saturated heterocycles. The number of rotatable bonds is 4. The molecular formula is C8H5Cl2F3N2O2. The van der Waals surface area contributed by atoms with Crippen LogP contribution in [0.15, 0.2) is 12.3 Å². The van der Waals surface area contributed by atoms with Gasteiger partial charge in [-0.25, -0.2) is 28.5 Å². The first-order valence-electron chi connectivity index (χ1n) is 4.11. The van der Waals surface area contributed by atoms with Crippen LogP contribution in [-0.2, 0) is 4.84 Å². The van der Waals surface area contributed by atoms with E-state index in [1.54, 1.807) is 0 Å². The van der Waals surface area contributed by atoms with Gasteiger partial charge >= 0.3 is 0 Å². The van der Waals surface area contributed by atoms with E-state index in [4.69, 9.17) is 23.2 Å². The van der Waals surface area contributed by atoms with Crippen LogP contribution in [0.2, 0.25) is 10.2 Å². The second-order valence-electron chi connectivity index (χ2n) is 2.72. The minimum Gasteiger partial charge on any atom is -0.267 e. The number of aromatic nitrogens is 1. The first-order chi connectivity index (χ1) is 7.91. The number of alkyl halides is 3. The van der Waals surface area contributed by atoms with Crippen LogP contribution in [0.25, 0.3) is 0 Å². The maximum absolute atomic E-state index is 12.3. The molecule has 0 aliphatic heterocycles. The lowest BCUT2D eigenvalue weighted by atomic mass is 10.3. The van der Waals surface area contributed by atoms with Gasteiger partial charge in [0, 0.05) is 6.20 Å². The Morgan fingerprint density at radius 2 is 2.06 bits per heavy atom. The highest BCUT2D eigenvalue weighted by Crippen LogP contribution is 2.18. The number of halogens is 5. The summed E-state index contributed by atoms with van der Waals surface area (Å²) in [7, 11) is 0. The van der Waals surface area contributed by atoms with Crippen molar-refractivity contribution in [2.75, 3.05) is 0 Å². The number of carbonyl (C=O) groups is 1. The van der Waals surface area contributed by atoms with Gasteiger partial charge in [-0.1, -0.05) is 23.2 Å². The molecule has 94 valence electrons. The van der Waals surface area contributed by atoms with Crippen molar-refractivity contribution in [3.05, 3.63) is 28.0 Å². The van der Waals surface area contributed by atoms with Crippen LogP contribution < -0.4 is 5.48 Å². The Labute approximate surface area is 104 Å². The topological polar surface area (TPSA) is 51.2 Å². The maximum Gasteiger partial charge on any atom is 0.295 e. The summed E-state index contributed by atoms with van der Waals surface area (Å²) in [5.74, 6) is -1.01. The van der Waals surface area contributed by atoms with E-state index < -0.39 is 18.7 Å². The summed E-state index contributed by atoms with van der Waals surface area (Å²) in [5, 5.41) is -0.0260. The Morgan fingerprint density at radius 1 is 1.41 bits per heavy atom. The second-order valence-corrected chi connectivity index (χ2v) is 3.52. The van der Waals surface area contributed by atoms with Crippen LogP contribution in [-0.4, -0.2) is 23.7 Å². The molecule has 0 radical (unpaired) electrons. The van der Waals surface area contributed by atoms with E-state index in [0.29, 0.717) is 0 Å². The van der Waals surface area contributed by atoms with Crippen LogP contribution in [0.3, 0.4) is 0 Å². The molecule has 1 aromatic heterocycles. The summed E-state index contributed by atoms with van der Waals surface area (Å²) in [4.78, 5) is 18.6. The predicted octanol–water partition coefficient (Wildman–Crippen LogP) is 2.61. The molecule has 1 heterocycles. The molecule has 4 nitrogen and oxygen atoms in total. The molecule has 9 heteroatoms. The summed E-state index contributed by atoms with van der Waals surface area (Å²) in [6, 6.07) is 1.16. The maximum atomic E-state index is 12.3. The molecule has 1 aromatic rings. The van der Waals surface area contributed by atoms with E-state index in [1.165, 1.54) is 5.48 Å². The Morgan fingerprint density at radius 3 is 2.59 bits per heavy atom. The molecule has 1 unspecified atom stereocenters. The molecule has 0 saturated carbocycles. The number of carbonyl (C=O) groups excluding carboxylic acids is 1. The lowest BCUT2D eigenvalue weighted by Gasteiger charge is -2.09. The highest BCUT2D eigenvalue weighted by Gasteiger charge is 2.22. The molecule has 0 aromatic carbocycles. The van der Waals surface area contributed by atoms with Crippen molar-refractivity contribution in [1.82, 2.24) is 10.5 Å². The van der Waals surface area contributed by atoms with E-state index >= 15 is 0 Å². The first-order valence-corrected chi connectivity index (χ1v) is 4.86. The van der Waals surface area contributed by atoms with Gasteiger partial charge in [0.25, 0.3) is 18.7 Å². The average Bonchev–Trinajstić information content (AvgIpc) is 2.25. The third-order valence-corrected chi connectivity index (χ3v) is 2.05. The van der Waals surface area contributed by atoms with Gasteiger partial charge in [-0.05, 0) is 6.07 Å². The minimum atomic E-state index is -3.37. The minimum absolute atomic E-state index is 0.0448. The van der Waals surface area contributed by atoms with Crippen molar-refractivity contribution in [3.63, 3.8) is 0 Å². The number of amides is 1. The zero-order chi connectivity index (χ0) is 13.0. The zero-order valence-corrected chi connectivity index (χ0v) is 9.47. The molecule has 17 heavy (non-hydrogen) atoms. The van der Waals surface area contributed by atoms with Crippen LogP contribution in [0.1, 0.15) is 10.4 Å². The lowest BCUT2D eigenvalue weighted by Crippen LogP contribution is -2.31. The number of pyridine rings is 1. The van der Waals surface area contributed by atoms with Crippen molar-refractivity contribution in [3.8, 4) is 0 Å². The average molecular weight is 289 g/mol. The smallest absolute Gasteiger partial charge is 0.267 e. The van der Waals surface area contributed by atoms with Gasteiger partial charge in [0.05, 0.1) is 10.6 Å². The number of nitrogens with one attached hydrogen (secondary N) is 1. The van der Waals surface area contributed by atoms with Crippen LogP contribution >= 0.6 is 23.2 Å². The zero-order valence-electron chi connectivity index (χ0n) is 7.96. The van der Waals surface area contributed by atoms with E-state index in [1.807, 2.05) is 0 Å². The largest absolute Gasteiger partial charge is 0.295 e. The molecule has 1 atom stereocenters. The van der Waals surface area contributed by atoms with E-state index in [2.05, 4.69) is 9.82 Å². The van der Waals surface area contributed by atoms with Gasteiger partial charge in [-0.15, -0.1) is 0 Å². The van der Waals surface area contributed by atoms with Gasteiger partial charge in [0.2, 0.25) is 0 Å². The SMILES string of the molecule is O=C(NOC(F)C(F)F)c1cnc(Cl)cc1Cl. The van der Waals surface area contributed by atoms with Crippen molar-refractivity contribution in [2.45, 2.75) is 12.8 Å². The standard InChI is InChI=1S/C8H5Cl2F3N2O2/c9-4-1-5(10)14-2-3(4)8(16)15-17-7(13)6(11)12/h1-2,6-7H,(H,15,16). The second kappa shape index (κ2) is 6.04. The summed E-state index contributed by atoms with van der Waals surface area (Å²) in [5.41, 5.74) is 1.30. The Kier molecular flexibility index (Phi) is 4.98. The summed E-state index contributed by atoms with van der Waals surface area (Å²) < 4.78 is 35.7. The van der Waals surface area contributed by atoms with Gasteiger partial charge in [-0.3, -0.25) is 4.79 Å². The number of hydrogen-bond acceptors (Lipinski definition) is 3. The lowest BCUT2D eigenvalue weighted by molar-refractivity contribution is -0.155. The van der Waals surface area contributed by atoms with Crippen LogP contribution in [0.5, 0.6) is 0 Å². The van der Waals surface area contributed by atoms with Crippen LogP contribution in [0.4, 0.5) is 13.2 Å². The number of hydroxylamine groups is 1. The molecule has 1 amide bonds. The number of hydrogen-bond donors (Lipinski definition) is 1. The Hall–Kier alpha value is -1.05. The number of nitrogens with zero attached hydrogens (tertiary/aromatic N) is 1. The van der Waals surface area contributed by atoms with Gasteiger partial charge in [0.15, 0.2) is 0 Å². The first kappa shape index (κ1) is 14.0. The van der Waals surface area contributed by atoms with Crippen molar-refractivity contribution in [1.29, 1.82) is 0 Å². The Bertz CT molecular complexity index is 420. The fraction of sp³-hybridized carbons (Fsp3) is 0.250. The molecule has 0 aliphatic carbocycles. The van der Waals surface area contributed by atoms with E-state index in [-0.39, 0.29) is 15.7 Å². The van der Waals surface area contributed by atoms with E-state index in [0.717, 1.165) is 12.3 Å². The highest BCUT2D eigenvalue weighted by atomic mass is 35.5.